The van der Waals surface area contributed by atoms with Crippen molar-refractivity contribution in [2.75, 3.05) is 0 Å². The molecule has 0 aliphatic heterocycles. The molecule has 2 N–H and O–H groups in total. The van der Waals surface area contributed by atoms with Gasteiger partial charge in [0.15, 0.2) is 0 Å². The van der Waals surface area contributed by atoms with Gasteiger partial charge in [-0.05, 0) is 24.5 Å². The Hall–Kier alpha value is -1.38. The lowest BCUT2D eigenvalue weighted by Crippen LogP contribution is -2.11. The van der Waals surface area contributed by atoms with Crippen molar-refractivity contribution in [2.45, 2.75) is 32.6 Å². The zero-order chi connectivity index (χ0) is 10.6. The number of hydrogen-bond donors (Lipinski definition) is 1. The normalized spacial score (nSPS) is 10.5. The molecular formula is C11H16N2O. The minimum atomic E-state index is -0.276. The lowest BCUT2D eigenvalue weighted by Gasteiger charge is -2.06. The van der Waals surface area contributed by atoms with Gasteiger partial charge in [-0.15, -0.1) is 0 Å². The number of nitrogens with zero attached hydrogens (tertiary/aromatic N) is 1. The standard InChI is InChI=1S/C11H16N2O/c1-8(2)10-5-3-4-9(13-10)6-7-11(12)14/h3-5,8H,6-7H2,1-2H3,(H2,12,14). The summed E-state index contributed by atoms with van der Waals surface area (Å²) in [4.78, 5) is 15.0. The number of pyridine rings is 1. The van der Waals surface area contributed by atoms with Crippen LogP contribution in [0.15, 0.2) is 18.2 Å². The second-order valence-electron chi connectivity index (χ2n) is 3.67. The average molecular weight is 192 g/mol. The van der Waals surface area contributed by atoms with Crippen molar-refractivity contribution in [3.63, 3.8) is 0 Å². The molecule has 3 nitrogen and oxygen atoms in total. The van der Waals surface area contributed by atoms with E-state index in [0.29, 0.717) is 18.8 Å². The van der Waals surface area contributed by atoms with Crippen LogP contribution in [-0.4, -0.2) is 10.9 Å². The predicted molar refractivity (Wildman–Crippen MR) is 55.8 cm³/mol. The molecule has 0 radical (unpaired) electrons. The molecule has 1 rings (SSSR count). The van der Waals surface area contributed by atoms with Crippen LogP contribution in [0.5, 0.6) is 0 Å². The number of amides is 1. The van der Waals surface area contributed by atoms with E-state index in [9.17, 15) is 4.79 Å². The Kier molecular flexibility index (Phi) is 3.63. The van der Waals surface area contributed by atoms with Gasteiger partial charge < -0.3 is 5.73 Å². The van der Waals surface area contributed by atoms with Crippen LogP contribution in [0.25, 0.3) is 0 Å². The monoisotopic (exact) mass is 192 g/mol. The fourth-order valence-corrected chi connectivity index (χ4v) is 1.21. The first kappa shape index (κ1) is 10.7. The fraction of sp³-hybridized carbons (Fsp3) is 0.455. The zero-order valence-electron chi connectivity index (χ0n) is 8.66. The number of nitrogens with two attached hydrogens (primary N) is 1. The van der Waals surface area contributed by atoms with Crippen molar-refractivity contribution in [3.8, 4) is 0 Å². The molecule has 1 amide bonds. The van der Waals surface area contributed by atoms with Crippen LogP contribution in [0.3, 0.4) is 0 Å². The van der Waals surface area contributed by atoms with Gasteiger partial charge in [0.25, 0.3) is 0 Å². The van der Waals surface area contributed by atoms with Gasteiger partial charge in [0.2, 0.25) is 5.91 Å². The van der Waals surface area contributed by atoms with E-state index in [0.717, 1.165) is 11.4 Å². The Labute approximate surface area is 84.3 Å². The topological polar surface area (TPSA) is 56.0 Å². The first-order chi connectivity index (χ1) is 6.59. The molecule has 0 aliphatic rings. The van der Waals surface area contributed by atoms with E-state index in [-0.39, 0.29) is 5.91 Å². The van der Waals surface area contributed by atoms with Crippen LogP contribution in [0, 0.1) is 0 Å². The summed E-state index contributed by atoms with van der Waals surface area (Å²) in [7, 11) is 0. The van der Waals surface area contributed by atoms with Crippen LogP contribution in [0.2, 0.25) is 0 Å². The third kappa shape index (κ3) is 3.17. The first-order valence-corrected chi connectivity index (χ1v) is 4.83. The van der Waals surface area contributed by atoms with Gasteiger partial charge in [-0.2, -0.15) is 0 Å². The van der Waals surface area contributed by atoms with Gasteiger partial charge in [-0.1, -0.05) is 19.9 Å². The summed E-state index contributed by atoms with van der Waals surface area (Å²) in [5, 5.41) is 0. The summed E-state index contributed by atoms with van der Waals surface area (Å²) in [6, 6.07) is 5.89. The molecule has 1 aromatic heterocycles. The maximum Gasteiger partial charge on any atom is 0.217 e. The first-order valence-electron chi connectivity index (χ1n) is 4.83. The van der Waals surface area contributed by atoms with Gasteiger partial charge in [0.05, 0.1) is 0 Å². The highest BCUT2D eigenvalue weighted by atomic mass is 16.1. The second-order valence-corrected chi connectivity index (χ2v) is 3.67. The van der Waals surface area contributed by atoms with Crippen LogP contribution in [0.1, 0.15) is 37.6 Å². The van der Waals surface area contributed by atoms with Crippen LogP contribution < -0.4 is 5.73 Å². The van der Waals surface area contributed by atoms with Crippen molar-refractivity contribution in [3.05, 3.63) is 29.6 Å². The summed E-state index contributed by atoms with van der Waals surface area (Å²) in [5.74, 6) is 0.144. The average Bonchev–Trinajstić information content (AvgIpc) is 2.15. The Balaban J connectivity index is 2.68. The minimum absolute atomic E-state index is 0.276. The van der Waals surface area contributed by atoms with Crippen LogP contribution in [-0.2, 0) is 11.2 Å². The smallest absolute Gasteiger partial charge is 0.217 e. The number of rotatable bonds is 4. The van der Waals surface area contributed by atoms with Gasteiger partial charge >= 0.3 is 0 Å². The van der Waals surface area contributed by atoms with E-state index >= 15 is 0 Å². The van der Waals surface area contributed by atoms with Gasteiger partial charge in [-0.25, -0.2) is 0 Å². The Morgan fingerprint density at radius 3 is 2.79 bits per heavy atom. The molecule has 0 fully saturated rings. The summed E-state index contributed by atoms with van der Waals surface area (Å²) in [6.07, 6.45) is 1.00. The van der Waals surface area contributed by atoms with E-state index < -0.39 is 0 Å². The minimum Gasteiger partial charge on any atom is -0.370 e. The quantitative estimate of drug-likeness (QED) is 0.788. The zero-order valence-corrected chi connectivity index (χ0v) is 8.66. The number of aromatic nitrogens is 1. The molecular weight excluding hydrogens is 176 g/mol. The molecule has 0 saturated heterocycles. The maximum absolute atomic E-state index is 10.6. The van der Waals surface area contributed by atoms with Gasteiger partial charge in [0, 0.05) is 17.8 Å². The highest BCUT2D eigenvalue weighted by molar-refractivity contribution is 5.73. The Morgan fingerprint density at radius 2 is 2.21 bits per heavy atom. The number of primary amides is 1. The largest absolute Gasteiger partial charge is 0.370 e. The van der Waals surface area contributed by atoms with E-state index in [2.05, 4.69) is 18.8 Å². The third-order valence-corrected chi connectivity index (χ3v) is 2.05. The van der Waals surface area contributed by atoms with Crippen molar-refractivity contribution >= 4 is 5.91 Å². The van der Waals surface area contributed by atoms with Crippen molar-refractivity contribution in [1.29, 1.82) is 0 Å². The van der Waals surface area contributed by atoms with Crippen LogP contribution in [0.4, 0.5) is 0 Å². The van der Waals surface area contributed by atoms with E-state index in [1.54, 1.807) is 0 Å². The number of aryl methyl sites for hydroxylation is 1. The highest BCUT2D eigenvalue weighted by Gasteiger charge is 2.03. The fourth-order valence-electron chi connectivity index (χ4n) is 1.21. The van der Waals surface area contributed by atoms with Crippen molar-refractivity contribution in [1.82, 2.24) is 4.98 Å². The highest BCUT2D eigenvalue weighted by Crippen LogP contribution is 2.12. The van der Waals surface area contributed by atoms with Crippen molar-refractivity contribution < 1.29 is 4.79 Å². The van der Waals surface area contributed by atoms with E-state index in [1.807, 2.05) is 18.2 Å². The predicted octanol–water partition coefficient (Wildman–Crippen LogP) is 1.62. The summed E-state index contributed by atoms with van der Waals surface area (Å²) >= 11 is 0. The molecule has 0 aliphatic carbocycles. The lowest BCUT2D eigenvalue weighted by atomic mass is 10.1. The molecule has 0 unspecified atom stereocenters. The third-order valence-electron chi connectivity index (χ3n) is 2.05. The SMILES string of the molecule is CC(C)c1cccc(CCC(N)=O)n1. The molecule has 1 heterocycles. The molecule has 0 bridgehead atoms. The summed E-state index contributed by atoms with van der Waals surface area (Å²) in [6.45, 7) is 4.19. The van der Waals surface area contributed by atoms with Crippen molar-refractivity contribution in [2.24, 2.45) is 5.73 Å². The molecule has 14 heavy (non-hydrogen) atoms. The summed E-state index contributed by atoms with van der Waals surface area (Å²) in [5.41, 5.74) is 7.07. The lowest BCUT2D eigenvalue weighted by molar-refractivity contribution is -0.118. The number of carbonyl (C=O) groups is 1. The van der Waals surface area contributed by atoms with Gasteiger partial charge in [-0.3, -0.25) is 9.78 Å². The molecule has 76 valence electrons. The molecule has 0 aromatic carbocycles. The number of hydrogen-bond acceptors (Lipinski definition) is 2. The van der Waals surface area contributed by atoms with Crippen LogP contribution >= 0.6 is 0 Å². The number of carbonyl (C=O) groups excluding carboxylic acids is 1. The molecule has 0 spiro atoms. The second kappa shape index (κ2) is 4.74. The molecule has 0 saturated carbocycles. The van der Waals surface area contributed by atoms with Gasteiger partial charge in [0.1, 0.15) is 0 Å². The Bertz CT molecular complexity index is 321. The van der Waals surface area contributed by atoms with E-state index in [1.165, 1.54) is 0 Å². The maximum atomic E-state index is 10.6. The molecule has 1 aromatic rings. The Morgan fingerprint density at radius 1 is 1.50 bits per heavy atom. The molecule has 3 heteroatoms. The molecule has 0 atom stereocenters. The van der Waals surface area contributed by atoms with E-state index in [4.69, 9.17) is 5.73 Å². The summed E-state index contributed by atoms with van der Waals surface area (Å²) < 4.78 is 0.